The second kappa shape index (κ2) is 10.9. The number of carbonyl (C=O) groups excluding carboxylic acids is 2. The van der Waals surface area contributed by atoms with Crippen molar-refractivity contribution in [3.8, 4) is 0 Å². The fourth-order valence-electron chi connectivity index (χ4n) is 5.18. The number of nitrogens with two attached hydrogens (primary N) is 2. The molecule has 1 saturated heterocycles. The van der Waals surface area contributed by atoms with Gasteiger partial charge in [0.2, 0.25) is 5.79 Å². The van der Waals surface area contributed by atoms with E-state index in [0.717, 1.165) is 32.1 Å². The minimum Gasteiger partial charge on any atom is -0.447 e. The third-order valence-corrected chi connectivity index (χ3v) is 7.09. The normalized spacial score (nSPS) is 25.4. The van der Waals surface area contributed by atoms with Crippen molar-refractivity contribution in [1.82, 2.24) is 15.5 Å². The van der Waals surface area contributed by atoms with Crippen LogP contribution in [-0.2, 0) is 4.74 Å². The lowest BCUT2D eigenvalue weighted by Crippen LogP contribution is -2.76. The molecule has 8 N–H and O–H groups in total. The van der Waals surface area contributed by atoms with E-state index >= 15 is 0 Å². The number of nitrogens with one attached hydrogen (secondary N) is 2. The van der Waals surface area contributed by atoms with Crippen molar-refractivity contribution in [3.05, 3.63) is 35.6 Å². The first kappa shape index (κ1) is 26.6. The zero-order valence-electron chi connectivity index (χ0n) is 20.5. The van der Waals surface area contributed by atoms with Crippen LogP contribution in [0.5, 0.6) is 0 Å². The Morgan fingerprint density at radius 1 is 1.14 bits per heavy atom. The van der Waals surface area contributed by atoms with Crippen LogP contribution in [-0.4, -0.2) is 82.1 Å². The molecule has 1 aromatic rings. The number of hydrogen-bond donors (Lipinski definition) is 6. The summed E-state index contributed by atoms with van der Waals surface area (Å²) < 4.78 is 18.3. The third-order valence-electron chi connectivity index (χ3n) is 7.09. The Kier molecular flexibility index (Phi) is 7.83. The number of ketones is 1. The summed E-state index contributed by atoms with van der Waals surface area (Å²) in [6.07, 6.45) is 4.00. The SMILES string of the molecule is NC1=N[C@H]2C(COC(=O)NCCCCCCCC(=O)c3ccc(F)cc3)N=C(N)N3CCC(O)(O)C23N1. The highest BCUT2D eigenvalue weighted by atomic mass is 19.1. The Bertz CT molecular complexity index is 1060. The van der Waals surface area contributed by atoms with E-state index < -0.39 is 29.6 Å². The quantitative estimate of drug-likeness (QED) is 0.134. The predicted molar refractivity (Wildman–Crippen MR) is 133 cm³/mol. The topological polar surface area (TPSA) is 188 Å². The lowest BCUT2D eigenvalue weighted by Gasteiger charge is -2.48. The molecule has 1 spiro atoms. The van der Waals surface area contributed by atoms with Crippen molar-refractivity contribution < 1.29 is 28.9 Å². The van der Waals surface area contributed by atoms with E-state index in [9.17, 15) is 24.2 Å². The maximum atomic E-state index is 12.9. The van der Waals surface area contributed by atoms with Crippen LogP contribution in [0.3, 0.4) is 0 Å². The Hall–Kier alpha value is -3.45. The largest absolute Gasteiger partial charge is 0.447 e. The van der Waals surface area contributed by atoms with E-state index in [2.05, 4.69) is 20.6 Å². The van der Waals surface area contributed by atoms with Gasteiger partial charge in [-0.25, -0.2) is 19.2 Å². The fraction of sp³-hybridized carbons (Fsp3) is 0.583. The van der Waals surface area contributed by atoms with Crippen molar-refractivity contribution >= 4 is 23.8 Å². The molecule has 2 unspecified atom stereocenters. The number of aliphatic imine (C=N–C) groups is 2. The highest BCUT2D eigenvalue weighted by Crippen LogP contribution is 2.44. The maximum Gasteiger partial charge on any atom is 0.407 e. The molecule has 1 fully saturated rings. The van der Waals surface area contributed by atoms with E-state index in [1.807, 2.05) is 0 Å². The van der Waals surface area contributed by atoms with Crippen LogP contribution in [0, 0.1) is 5.82 Å². The number of halogens is 1. The number of carbonyl (C=O) groups is 2. The number of unbranched alkanes of at least 4 members (excludes halogenated alkanes) is 4. The van der Waals surface area contributed by atoms with Crippen LogP contribution in [0.1, 0.15) is 55.3 Å². The van der Waals surface area contributed by atoms with E-state index in [1.54, 1.807) is 0 Å². The molecule has 4 rings (SSSR count). The van der Waals surface area contributed by atoms with E-state index in [0.29, 0.717) is 18.5 Å². The Labute approximate surface area is 214 Å². The Morgan fingerprint density at radius 3 is 2.59 bits per heavy atom. The van der Waals surface area contributed by atoms with Gasteiger partial charge < -0.3 is 42.0 Å². The standard InChI is InChI=1S/C24H34FN7O5/c25-16-9-7-15(8-10-16)18(33)6-4-2-1-3-5-12-28-22(34)37-14-17-19-24(31-20(26)30-19)23(35,36)11-13-32(24)21(27)29-17/h7-10,17,19,35-36H,1-6,11-14H2,(H2,27,29)(H,28,34)(H3,26,30,31)/t17?,19-,24?/m0/s1. The highest BCUT2D eigenvalue weighted by Gasteiger charge is 2.69. The number of rotatable bonds is 11. The van der Waals surface area contributed by atoms with Crippen LogP contribution in [0.4, 0.5) is 9.18 Å². The van der Waals surface area contributed by atoms with Gasteiger partial charge >= 0.3 is 6.09 Å². The van der Waals surface area contributed by atoms with Gasteiger partial charge in [0.25, 0.3) is 0 Å². The van der Waals surface area contributed by atoms with Gasteiger partial charge in [0.05, 0.1) is 0 Å². The fourth-order valence-corrected chi connectivity index (χ4v) is 5.18. The molecule has 0 radical (unpaired) electrons. The number of aliphatic hydroxyl groups is 2. The van der Waals surface area contributed by atoms with Crippen molar-refractivity contribution in [2.45, 2.75) is 68.5 Å². The summed E-state index contributed by atoms with van der Waals surface area (Å²) >= 11 is 0. The summed E-state index contributed by atoms with van der Waals surface area (Å²) in [5, 5.41) is 26.8. The zero-order chi connectivity index (χ0) is 26.6. The molecular formula is C24H34FN7O5. The summed E-state index contributed by atoms with van der Waals surface area (Å²) in [6, 6.07) is 4.02. The summed E-state index contributed by atoms with van der Waals surface area (Å²) in [5.41, 5.74) is 11.0. The highest BCUT2D eigenvalue weighted by molar-refractivity contribution is 5.95. The monoisotopic (exact) mass is 519 g/mol. The lowest BCUT2D eigenvalue weighted by atomic mass is 9.87. The summed E-state index contributed by atoms with van der Waals surface area (Å²) in [5.74, 6) is -2.39. The van der Waals surface area contributed by atoms with Gasteiger partial charge in [-0.15, -0.1) is 0 Å². The molecule has 12 nitrogen and oxygen atoms in total. The Balaban J connectivity index is 1.13. The number of benzene rings is 1. The van der Waals surface area contributed by atoms with E-state index in [-0.39, 0.29) is 43.1 Å². The molecule has 0 aliphatic carbocycles. The minimum absolute atomic E-state index is 0.00505. The molecule has 13 heteroatoms. The number of hydrogen-bond acceptors (Lipinski definition) is 11. The van der Waals surface area contributed by atoms with E-state index in [4.69, 9.17) is 16.2 Å². The van der Waals surface area contributed by atoms with Crippen LogP contribution < -0.4 is 22.1 Å². The molecule has 3 heterocycles. The van der Waals surface area contributed by atoms with Crippen molar-refractivity contribution in [2.75, 3.05) is 19.7 Å². The number of amides is 1. The smallest absolute Gasteiger partial charge is 0.407 e. The van der Waals surface area contributed by atoms with Gasteiger partial charge in [0.15, 0.2) is 23.4 Å². The molecule has 1 amide bonds. The number of nitrogens with zero attached hydrogens (tertiary/aromatic N) is 3. The van der Waals surface area contributed by atoms with Gasteiger partial charge in [-0.2, -0.15) is 0 Å². The summed E-state index contributed by atoms with van der Waals surface area (Å²) in [6.45, 7) is 0.518. The number of alkyl carbamates (subject to hydrolysis) is 1. The molecule has 202 valence electrons. The first-order chi connectivity index (χ1) is 17.6. The van der Waals surface area contributed by atoms with Crippen LogP contribution >= 0.6 is 0 Å². The van der Waals surface area contributed by atoms with Crippen molar-refractivity contribution in [3.63, 3.8) is 0 Å². The van der Waals surface area contributed by atoms with Gasteiger partial charge in [-0.05, 0) is 37.1 Å². The molecule has 1 aromatic carbocycles. The van der Waals surface area contributed by atoms with Crippen LogP contribution in [0.2, 0.25) is 0 Å². The molecule has 0 aromatic heterocycles. The first-order valence-corrected chi connectivity index (χ1v) is 12.5. The average molecular weight is 520 g/mol. The summed E-state index contributed by atoms with van der Waals surface area (Å²) in [7, 11) is 0. The number of ether oxygens (including phenoxy) is 1. The lowest BCUT2D eigenvalue weighted by molar-refractivity contribution is -0.221. The molecule has 3 aliphatic rings. The van der Waals surface area contributed by atoms with Crippen LogP contribution in [0.15, 0.2) is 34.3 Å². The molecule has 0 bridgehead atoms. The first-order valence-electron chi connectivity index (χ1n) is 12.5. The molecule has 0 saturated carbocycles. The van der Waals surface area contributed by atoms with Crippen LogP contribution in [0.25, 0.3) is 0 Å². The van der Waals surface area contributed by atoms with Gasteiger partial charge in [0.1, 0.15) is 24.5 Å². The Morgan fingerprint density at radius 2 is 1.84 bits per heavy atom. The van der Waals surface area contributed by atoms with Gasteiger partial charge in [0, 0.05) is 31.5 Å². The molecular weight excluding hydrogens is 485 g/mol. The second-order valence-corrected chi connectivity index (χ2v) is 9.60. The molecule has 3 atom stereocenters. The number of guanidine groups is 2. The van der Waals surface area contributed by atoms with Crippen molar-refractivity contribution in [1.29, 1.82) is 0 Å². The zero-order valence-corrected chi connectivity index (χ0v) is 20.5. The van der Waals surface area contributed by atoms with Crippen molar-refractivity contribution in [2.24, 2.45) is 21.5 Å². The summed E-state index contributed by atoms with van der Waals surface area (Å²) in [4.78, 5) is 34.4. The van der Waals surface area contributed by atoms with E-state index in [1.165, 1.54) is 29.2 Å². The number of Topliss-reactive ketones (excluding diaryl/α,β-unsaturated/α-hetero) is 1. The van der Waals surface area contributed by atoms with Gasteiger partial charge in [-0.3, -0.25) is 4.79 Å². The second-order valence-electron chi connectivity index (χ2n) is 9.60. The molecule has 37 heavy (non-hydrogen) atoms. The minimum atomic E-state index is -2.16. The maximum absolute atomic E-state index is 12.9. The predicted octanol–water partition coefficient (Wildman–Crippen LogP) is 0.142. The van der Waals surface area contributed by atoms with Gasteiger partial charge in [-0.1, -0.05) is 19.3 Å². The third kappa shape index (κ3) is 5.47. The molecule has 3 aliphatic heterocycles. The average Bonchev–Trinajstić information content (AvgIpc) is 3.35.